The zero-order valence-corrected chi connectivity index (χ0v) is 10.1. The van der Waals surface area contributed by atoms with Crippen molar-refractivity contribution in [3.63, 3.8) is 0 Å². The molecule has 3 fully saturated rings. The molecule has 1 N–H and O–H groups in total. The lowest BCUT2D eigenvalue weighted by atomic mass is 10.0. The summed E-state index contributed by atoms with van der Waals surface area (Å²) in [5, 5.41) is 8.34. The average molecular weight is 221 g/mol. The first-order valence-electron chi connectivity index (χ1n) is 6.92. The number of amidine groups is 1. The maximum atomic E-state index is 8.34. The summed E-state index contributed by atoms with van der Waals surface area (Å²) in [6, 6.07) is 0.760. The summed E-state index contributed by atoms with van der Waals surface area (Å²) in [6.45, 7) is 4.73. The van der Waals surface area contributed by atoms with Crippen molar-refractivity contribution in [2.24, 2.45) is 5.92 Å². The van der Waals surface area contributed by atoms with E-state index in [4.69, 9.17) is 5.41 Å². The van der Waals surface area contributed by atoms with Crippen molar-refractivity contribution < 1.29 is 0 Å². The minimum atomic E-state index is 0.591. The van der Waals surface area contributed by atoms with E-state index in [1.54, 1.807) is 0 Å². The summed E-state index contributed by atoms with van der Waals surface area (Å²) < 4.78 is 0. The van der Waals surface area contributed by atoms with Crippen LogP contribution in [0.5, 0.6) is 0 Å². The highest BCUT2D eigenvalue weighted by Crippen LogP contribution is 2.29. The number of hydrogen-bond donors (Lipinski definition) is 1. The molecule has 0 aromatic heterocycles. The van der Waals surface area contributed by atoms with Gasteiger partial charge in [-0.1, -0.05) is 12.8 Å². The molecule has 2 heterocycles. The summed E-state index contributed by atoms with van der Waals surface area (Å²) >= 11 is 0. The van der Waals surface area contributed by atoms with Crippen LogP contribution in [0.4, 0.5) is 0 Å². The summed E-state index contributed by atoms with van der Waals surface area (Å²) in [7, 11) is 0. The maximum absolute atomic E-state index is 8.34. The molecular formula is C13H23N3. The van der Waals surface area contributed by atoms with Gasteiger partial charge in [-0.15, -0.1) is 0 Å². The topological polar surface area (TPSA) is 30.3 Å². The number of nitrogens with zero attached hydrogens (tertiary/aromatic N) is 2. The van der Waals surface area contributed by atoms with Gasteiger partial charge in [0.25, 0.3) is 0 Å². The summed E-state index contributed by atoms with van der Waals surface area (Å²) in [6.07, 6.45) is 7.95. The predicted molar refractivity (Wildman–Crippen MR) is 65.9 cm³/mol. The molecule has 2 aliphatic heterocycles. The van der Waals surface area contributed by atoms with Crippen molar-refractivity contribution in [3.05, 3.63) is 0 Å². The Morgan fingerprint density at radius 3 is 2.56 bits per heavy atom. The second-order valence-electron chi connectivity index (χ2n) is 5.64. The zero-order chi connectivity index (χ0) is 11.0. The van der Waals surface area contributed by atoms with Gasteiger partial charge in [0.1, 0.15) is 0 Å². The van der Waals surface area contributed by atoms with E-state index in [9.17, 15) is 0 Å². The standard InChI is InChI=1S/C13H23N3/c14-13(11-4-1-2-5-11)16-9-8-15-7-3-6-12(15)10-16/h11-12,14H,1-10H2. The molecule has 0 bridgehead atoms. The first kappa shape index (κ1) is 10.6. The van der Waals surface area contributed by atoms with Crippen LogP contribution in [0.25, 0.3) is 0 Å². The highest BCUT2D eigenvalue weighted by atomic mass is 15.3. The third-order valence-corrected chi connectivity index (χ3v) is 4.67. The number of rotatable bonds is 1. The minimum Gasteiger partial charge on any atom is -0.357 e. The van der Waals surface area contributed by atoms with Crippen LogP contribution in [0.1, 0.15) is 38.5 Å². The van der Waals surface area contributed by atoms with Crippen LogP contribution < -0.4 is 0 Å². The molecule has 0 aromatic carbocycles. The largest absolute Gasteiger partial charge is 0.357 e. The second kappa shape index (κ2) is 4.36. The monoisotopic (exact) mass is 221 g/mol. The number of fused-ring (bicyclic) bond motifs is 1. The molecule has 2 saturated heterocycles. The molecule has 16 heavy (non-hydrogen) atoms. The van der Waals surface area contributed by atoms with Gasteiger partial charge in [-0.05, 0) is 32.2 Å². The van der Waals surface area contributed by atoms with Crippen LogP contribution in [-0.2, 0) is 0 Å². The second-order valence-corrected chi connectivity index (χ2v) is 5.64. The molecule has 3 rings (SSSR count). The normalized spacial score (nSPS) is 32.0. The maximum Gasteiger partial charge on any atom is 0.0990 e. The van der Waals surface area contributed by atoms with Crippen molar-refractivity contribution in [3.8, 4) is 0 Å². The van der Waals surface area contributed by atoms with E-state index in [1.165, 1.54) is 51.6 Å². The molecule has 0 aromatic rings. The Morgan fingerprint density at radius 1 is 0.938 bits per heavy atom. The Bertz CT molecular complexity index is 270. The number of piperazine rings is 1. The highest BCUT2D eigenvalue weighted by molar-refractivity contribution is 5.82. The molecule has 0 amide bonds. The van der Waals surface area contributed by atoms with E-state index < -0.39 is 0 Å². The molecule has 0 radical (unpaired) electrons. The van der Waals surface area contributed by atoms with E-state index in [2.05, 4.69) is 9.80 Å². The molecule has 90 valence electrons. The zero-order valence-electron chi connectivity index (χ0n) is 10.1. The Labute approximate surface area is 98.3 Å². The Morgan fingerprint density at radius 2 is 1.75 bits per heavy atom. The molecule has 1 atom stereocenters. The Kier molecular flexibility index (Phi) is 2.88. The van der Waals surface area contributed by atoms with Crippen LogP contribution in [-0.4, -0.2) is 47.9 Å². The summed E-state index contributed by atoms with van der Waals surface area (Å²) in [4.78, 5) is 5.00. The van der Waals surface area contributed by atoms with E-state index in [1.807, 2.05) is 0 Å². The van der Waals surface area contributed by atoms with Gasteiger partial charge in [0.05, 0.1) is 5.84 Å². The van der Waals surface area contributed by atoms with Crippen molar-refractivity contribution >= 4 is 5.84 Å². The number of hydrogen-bond acceptors (Lipinski definition) is 2. The molecule has 1 aliphatic carbocycles. The highest BCUT2D eigenvalue weighted by Gasteiger charge is 2.33. The third kappa shape index (κ3) is 1.86. The summed E-state index contributed by atoms with van der Waals surface area (Å²) in [5.74, 6) is 1.55. The minimum absolute atomic E-state index is 0.591. The van der Waals surface area contributed by atoms with Crippen LogP contribution in [0.3, 0.4) is 0 Å². The lowest BCUT2D eigenvalue weighted by Crippen LogP contribution is -2.53. The predicted octanol–water partition coefficient (Wildman–Crippen LogP) is 1.93. The third-order valence-electron chi connectivity index (χ3n) is 4.67. The van der Waals surface area contributed by atoms with Gasteiger partial charge in [0.2, 0.25) is 0 Å². The average Bonchev–Trinajstić information content (AvgIpc) is 2.98. The molecule has 1 unspecified atom stereocenters. The molecule has 0 spiro atoms. The smallest absolute Gasteiger partial charge is 0.0990 e. The van der Waals surface area contributed by atoms with Gasteiger partial charge in [-0.3, -0.25) is 10.3 Å². The fourth-order valence-corrected chi connectivity index (χ4v) is 3.67. The molecule has 1 saturated carbocycles. The van der Waals surface area contributed by atoms with Gasteiger partial charge in [-0.2, -0.15) is 0 Å². The summed E-state index contributed by atoms with van der Waals surface area (Å²) in [5.41, 5.74) is 0. The molecule has 3 nitrogen and oxygen atoms in total. The van der Waals surface area contributed by atoms with E-state index in [0.717, 1.165) is 25.0 Å². The molecule has 3 heteroatoms. The van der Waals surface area contributed by atoms with Gasteiger partial charge in [-0.25, -0.2) is 0 Å². The Hall–Kier alpha value is -0.570. The van der Waals surface area contributed by atoms with Crippen LogP contribution in [0, 0.1) is 11.3 Å². The van der Waals surface area contributed by atoms with Crippen molar-refractivity contribution in [1.29, 1.82) is 5.41 Å². The first-order chi connectivity index (χ1) is 7.84. The van der Waals surface area contributed by atoms with E-state index >= 15 is 0 Å². The lowest BCUT2D eigenvalue weighted by molar-refractivity contribution is 0.147. The van der Waals surface area contributed by atoms with Gasteiger partial charge >= 0.3 is 0 Å². The fourth-order valence-electron chi connectivity index (χ4n) is 3.67. The van der Waals surface area contributed by atoms with Crippen LogP contribution in [0.2, 0.25) is 0 Å². The van der Waals surface area contributed by atoms with E-state index in [-0.39, 0.29) is 0 Å². The van der Waals surface area contributed by atoms with Crippen molar-refractivity contribution in [1.82, 2.24) is 9.80 Å². The Balaban J connectivity index is 1.60. The van der Waals surface area contributed by atoms with Gasteiger partial charge in [0, 0.05) is 31.6 Å². The van der Waals surface area contributed by atoms with Gasteiger partial charge in [0.15, 0.2) is 0 Å². The van der Waals surface area contributed by atoms with Crippen molar-refractivity contribution in [2.75, 3.05) is 26.2 Å². The molecular weight excluding hydrogens is 198 g/mol. The lowest BCUT2D eigenvalue weighted by Gasteiger charge is -2.40. The van der Waals surface area contributed by atoms with Crippen LogP contribution >= 0.6 is 0 Å². The number of nitrogens with one attached hydrogen (secondary N) is 1. The SMILES string of the molecule is N=C(C1CCCC1)N1CCN2CCCC2C1. The van der Waals surface area contributed by atoms with Crippen molar-refractivity contribution in [2.45, 2.75) is 44.6 Å². The van der Waals surface area contributed by atoms with Crippen LogP contribution in [0.15, 0.2) is 0 Å². The molecule has 3 aliphatic rings. The fraction of sp³-hybridized carbons (Fsp3) is 0.923. The van der Waals surface area contributed by atoms with E-state index in [0.29, 0.717) is 5.92 Å². The first-order valence-corrected chi connectivity index (χ1v) is 6.92. The quantitative estimate of drug-likeness (QED) is 0.542. The van der Waals surface area contributed by atoms with Gasteiger partial charge < -0.3 is 4.90 Å².